The van der Waals surface area contributed by atoms with E-state index in [4.69, 9.17) is 27.9 Å². The highest BCUT2D eigenvalue weighted by Gasteiger charge is 2.13. The van der Waals surface area contributed by atoms with E-state index in [1.54, 1.807) is 7.11 Å². The topological polar surface area (TPSA) is 9.23 Å². The molecule has 0 aliphatic carbocycles. The summed E-state index contributed by atoms with van der Waals surface area (Å²) >= 11 is 16.0. The lowest BCUT2D eigenvalue weighted by Gasteiger charge is -2.13. The Morgan fingerprint density at radius 1 is 1.11 bits per heavy atom. The Hall–Kier alpha value is -0.700. The fourth-order valence-electron chi connectivity index (χ4n) is 1.92. The summed E-state index contributed by atoms with van der Waals surface area (Å²) in [6.45, 7) is 2.00. The van der Waals surface area contributed by atoms with Gasteiger partial charge in [-0.2, -0.15) is 0 Å². The second-order valence-corrected chi connectivity index (χ2v) is 5.96. The Morgan fingerprint density at radius 2 is 1.74 bits per heavy atom. The Bertz CT molecular complexity index is 599. The van der Waals surface area contributed by atoms with Crippen LogP contribution in [0.4, 0.5) is 0 Å². The third-order valence-electron chi connectivity index (χ3n) is 2.95. The van der Waals surface area contributed by atoms with Gasteiger partial charge in [0.25, 0.3) is 0 Å². The van der Waals surface area contributed by atoms with Crippen LogP contribution in [0.15, 0.2) is 40.9 Å². The molecule has 0 radical (unpaired) electrons. The summed E-state index contributed by atoms with van der Waals surface area (Å²) < 4.78 is 6.12. The zero-order valence-corrected chi connectivity index (χ0v) is 13.7. The van der Waals surface area contributed by atoms with Gasteiger partial charge in [-0.25, -0.2) is 0 Å². The Morgan fingerprint density at radius 3 is 2.32 bits per heavy atom. The van der Waals surface area contributed by atoms with Gasteiger partial charge < -0.3 is 4.74 Å². The number of alkyl halides is 1. The molecule has 19 heavy (non-hydrogen) atoms. The fourth-order valence-corrected chi connectivity index (χ4v) is 2.63. The van der Waals surface area contributed by atoms with Gasteiger partial charge in [0.1, 0.15) is 5.75 Å². The predicted molar refractivity (Wildman–Crippen MR) is 84.6 cm³/mol. The molecule has 4 heteroatoms. The lowest BCUT2D eigenvalue weighted by molar-refractivity contribution is 0.411. The highest BCUT2D eigenvalue weighted by Crippen LogP contribution is 2.34. The normalized spacial score (nSPS) is 12.3. The van der Waals surface area contributed by atoms with Gasteiger partial charge in [0.2, 0.25) is 0 Å². The number of methoxy groups -OCH3 is 1. The lowest BCUT2D eigenvalue weighted by atomic mass is 10.0. The van der Waals surface area contributed by atoms with E-state index in [0.717, 1.165) is 26.9 Å². The van der Waals surface area contributed by atoms with E-state index in [-0.39, 0.29) is 5.38 Å². The predicted octanol–water partition coefficient (Wildman–Crippen LogP) is 5.75. The number of halogens is 3. The maximum Gasteiger partial charge on any atom is 0.121 e. The van der Waals surface area contributed by atoms with Gasteiger partial charge in [-0.05, 0) is 57.7 Å². The minimum atomic E-state index is -0.227. The monoisotopic (exact) mass is 358 g/mol. The van der Waals surface area contributed by atoms with Crippen LogP contribution < -0.4 is 4.74 Å². The number of ether oxygens (including phenoxy) is 1. The molecule has 0 saturated heterocycles. The van der Waals surface area contributed by atoms with Gasteiger partial charge in [0, 0.05) is 4.47 Å². The van der Waals surface area contributed by atoms with Crippen molar-refractivity contribution >= 4 is 39.1 Å². The van der Waals surface area contributed by atoms with E-state index in [1.165, 1.54) is 0 Å². The van der Waals surface area contributed by atoms with E-state index in [2.05, 4.69) is 15.9 Å². The summed E-state index contributed by atoms with van der Waals surface area (Å²) in [5.74, 6) is 0.862. The summed E-state index contributed by atoms with van der Waals surface area (Å²) in [7, 11) is 1.66. The minimum Gasteiger partial charge on any atom is -0.496 e. The average molecular weight is 360 g/mol. The molecule has 0 fully saturated rings. The molecule has 2 rings (SSSR count). The van der Waals surface area contributed by atoms with Crippen LogP contribution in [-0.4, -0.2) is 7.11 Å². The van der Waals surface area contributed by atoms with Crippen LogP contribution in [0.1, 0.15) is 22.1 Å². The van der Waals surface area contributed by atoms with Gasteiger partial charge in [0.15, 0.2) is 0 Å². The first-order valence-electron chi connectivity index (χ1n) is 5.76. The molecule has 0 saturated carbocycles. The molecule has 0 amide bonds. The molecular formula is C15H13BrCl2O. The number of hydrogen-bond acceptors (Lipinski definition) is 1. The van der Waals surface area contributed by atoms with Crippen molar-refractivity contribution in [2.75, 3.05) is 7.11 Å². The van der Waals surface area contributed by atoms with Crippen molar-refractivity contribution < 1.29 is 4.74 Å². The van der Waals surface area contributed by atoms with Crippen LogP contribution in [0.5, 0.6) is 5.75 Å². The zero-order chi connectivity index (χ0) is 14.0. The molecule has 0 aliphatic rings. The van der Waals surface area contributed by atoms with Crippen LogP contribution in [-0.2, 0) is 0 Å². The van der Waals surface area contributed by atoms with Crippen molar-refractivity contribution in [3.63, 3.8) is 0 Å². The highest BCUT2D eigenvalue weighted by atomic mass is 79.9. The van der Waals surface area contributed by atoms with E-state index in [0.29, 0.717) is 5.02 Å². The van der Waals surface area contributed by atoms with Gasteiger partial charge in [-0.15, -0.1) is 11.6 Å². The van der Waals surface area contributed by atoms with Gasteiger partial charge in [-0.1, -0.05) is 29.8 Å². The molecule has 0 spiro atoms. The Kier molecular flexibility index (Phi) is 4.77. The van der Waals surface area contributed by atoms with E-state index in [1.807, 2.05) is 43.3 Å². The molecule has 1 nitrogen and oxygen atoms in total. The Balaban J connectivity index is 2.35. The summed E-state index contributed by atoms with van der Waals surface area (Å²) in [5.41, 5.74) is 3.06. The first-order chi connectivity index (χ1) is 9.02. The van der Waals surface area contributed by atoms with Crippen molar-refractivity contribution in [2.45, 2.75) is 12.3 Å². The van der Waals surface area contributed by atoms with Crippen LogP contribution in [0.3, 0.4) is 0 Å². The number of benzene rings is 2. The minimum absolute atomic E-state index is 0.227. The van der Waals surface area contributed by atoms with Crippen molar-refractivity contribution in [1.82, 2.24) is 0 Å². The molecular weight excluding hydrogens is 347 g/mol. The van der Waals surface area contributed by atoms with Crippen molar-refractivity contribution in [2.24, 2.45) is 0 Å². The molecule has 2 aromatic carbocycles. The van der Waals surface area contributed by atoms with Crippen LogP contribution in [0, 0.1) is 6.92 Å². The maximum absolute atomic E-state index is 6.51. The van der Waals surface area contributed by atoms with Crippen molar-refractivity contribution in [1.29, 1.82) is 0 Å². The van der Waals surface area contributed by atoms with Crippen LogP contribution in [0.2, 0.25) is 5.02 Å². The van der Waals surface area contributed by atoms with Crippen LogP contribution >= 0.6 is 39.1 Å². The maximum atomic E-state index is 6.51. The highest BCUT2D eigenvalue weighted by molar-refractivity contribution is 9.10. The summed E-state index contributed by atoms with van der Waals surface area (Å²) in [4.78, 5) is 0. The smallest absolute Gasteiger partial charge is 0.121 e. The summed E-state index contributed by atoms with van der Waals surface area (Å²) in [5, 5.41) is 0.434. The fraction of sp³-hybridized carbons (Fsp3) is 0.200. The first kappa shape index (κ1) is 14.7. The van der Waals surface area contributed by atoms with E-state index >= 15 is 0 Å². The SMILES string of the molecule is COc1ccc(C(Cl)c2ccc(Br)c(Cl)c2)cc1C. The van der Waals surface area contributed by atoms with Crippen LogP contribution in [0.25, 0.3) is 0 Å². The summed E-state index contributed by atoms with van der Waals surface area (Å²) in [6, 6.07) is 11.7. The van der Waals surface area contributed by atoms with Crippen molar-refractivity contribution in [3.8, 4) is 5.75 Å². The molecule has 0 bridgehead atoms. The number of aryl methyl sites for hydroxylation is 1. The van der Waals surface area contributed by atoms with E-state index < -0.39 is 0 Å². The largest absolute Gasteiger partial charge is 0.496 e. The summed E-state index contributed by atoms with van der Waals surface area (Å²) in [6.07, 6.45) is 0. The third-order valence-corrected chi connectivity index (χ3v) is 4.68. The van der Waals surface area contributed by atoms with Gasteiger partial charge in [0.05, 0.1) is 17.5 Å². The number of rotatable bonds is 3. The zero-order valence-electron chi connectivity index (χ0n) is 10.6. The molecule has 0 aliphatic heterocycles. The Labute approximate surface area is 131 Å². The quantitative estimate of drug-likeness (QED) is 0.634. The van der Waals surface area contributed by atoms with Gasteiger partial charge >= 0.3 is 0 Å². The number of hydrogen-bond donors (Lipinski definition) is 0. The lowest BCUT2D eigenvalue weighted by Crippen LogP contribution is -1.95. The third kappa shape index (κ3) is 3.25. The molecule has 0 heterocycles. The molecule has 1 atom stereocenters. The second-order valence-electron chi connectivity index (χ2n) is 4.27. The van der Waals surface area contributed by atoms with Crippen molar-refractivity contribution in [3.05, 3.63) is 62.6 Å². The molecule has 100 valence electrons. The van der Waals surface area contributed by atoms with E-state index in [9.17, 15) is 0 Å². The second kappa shape index (κ2) is 6.17. The average Bonchev–Trinajstić information content (AvgIpc) is 2.41. The molecule has 0 N–H and O–H groups in total. The molecule has 1 unspecified atom stereocenters. The van der Waals surface area contributed by atoms with Gasteiger partial charge in [-0.3, -0.25) is 0 Å². The first-order valence-corrected chi connectivity index (χ1v) is 7.37. The standard InChI is InChI=1S/C15H13BrCl2O/c1-9-7-10(4-6-14(9)19-2)15(18)11-3-5-12(16)13(17)8-11/h3-8,15H,1-2H3. The molecule has 2 aromatic rings. The molecule has 0 aromatic heterocycles.